The first-order valence-corrected chi connectivity index (χ1v) is 7.90. The van der Waals surface area contributed by atoms with Crippen molar-refractivity contribution in [3.63, 3.8) is 0 Å². The Morgan fingerprint density at radius 1 is 1.33 bits per heavy atom. The van der Waals surface area contributed by atoms with Crippen LogP contribution in [-0.2, 0) is 14.3 Å². The number of benzene rings is 1. The van der Waals surface area contributed by atoms with Crippen molar-refractivity contribution in [3.8, 4) is 0 Å². The second-order valence-electron chi connectivity index (χ2n) is 5.50. The zero-order valence-electron chi connectivity index (χ0n) is 13.5. The van der Waals surface area contributed by atoms with E-state index in [1.54, 1.807) is 30.0 Å². The monoisotopic (exact) mass is 332 g/mol. The first kappa shape index (κ1) is 17.7. The maximum absolute atomic E-state index is 12.2. The number of nitro benzene ring substituents is 1. The lowest BCUT2D eigenvalue weighted by Crippen LogP contribution is -2.39. The minimum absolute atomic E-state index is 0.0393. The fourth-order valence-electron chi connectivity index (χ4n) is 2.66. The molecule has 0 atom stereocenters. The van der Waals surface area contributed by atoms with Crippen molar-refractivity contribution >= 4 is 23.6 Å². The van der Waals surface area contributed by atoms with E-state index in [1.807, 2.05) is 0 Å². The molecule has 24 heavy (non-hydrogen) atoms. The molecule has 7 nitrogen and oxygen atoms in total. The van der Waals surface area contributed by atoms with E-state index in [0.717, 1.165) is 0 Å². The van der Waals surface area contributed by atoms with E-state index in [9.17, 15) is 19.7 Å². The Hall–Kier alpha value is -2.70. The molecule has 1 amide bonds. The Balaban J connectivity index is 1.95. The molecule has 1 aromatic carbocycles. The number of nitrogens with zero attached hydrogens (tertiary/aromatic N) is 2. The van der Waals surface area contributed by atoms with Crippen LogP contribution in [0.2, 0.25) is 0 Å². The molecule has 0 saturated carbocycles. The zero-order valence-corrected chi connectivity index (χ0v) is 13.5. The number of likely N-dealkylation sites (tertiary alicyclic amines) is 1. The summed E-state index contributed by atoms with van der Waals surface area (Å²) >= 11 is 0. The average Bonchev–Trinajstić information content (AvgIpc) is 2.60. The van der Waals surface area contributed by atoms with Gasteiger partial charge in [-0.25, -0.2) is 0 Å². The first-order chi connectivity index (χ1) is 11.5. The normalized spacial score (nSPS) is 15.5. The minimum atomic E-state index is -0.477. The van der Waals surface area contributed by atoms with Gasteiger partial charge < -0.3 is 9.64 Å². The van der Waals surface area contributed by atoms with E-state index < -0.39 is 4.92 Å². The van der Waals surface area contributed by atoms with Crippen LogP contribution in [0.5, 0.6) is 0 Å². The number of carbonyl (C=O) groups is 2. The quantitative estimate of drug-likeness (QED) is 0.357. The number of hydrogen-bond donors (Lipinski definition) is 0. The summed E-state index contributed by atoms with van der Waals surface area (Å²) in [5, 5.41) is 11.0. The second kappa shape index (κ2) is 8.24. The van der Waals surface area contributed by atoms with Gasteiger partial charge in [0, 0.05) is 25.2 Å². The summed E-state index contributed by atoms with van der Waals surface area (Å²) in [7, 11) is 0. The standard InChI is InChI=1S/C17H20N2O5/c1-2-24-17(21)14-9-11-18(12-10-14)16(20)8-7-13-5-3-4-6-15(13)19(22)23/h3-8,14H,2,9-12H2,1H3/b8-7+. The van der Waals surface area contributed by atoms with Crippen LogP contribution in [0.15, 0.2) is 30.3 Å². The number of nitro groups is 1. The lowest BCUT2D eigenvalue weighted by atomic mass is 9.97. The van der Waals surface area contributed by atoms with Gasteiger partial charge in [-0.2, -0.15) is 0 Å². The van der Waals surface area contributed by atoms with Crippen LogP contribution in [0, 0.1) is 16.0 Å². The van der Waals surface area contributed by atoms with Crippen molar-refractivity contribution in [1.29, 1.82) is 0 Å². The van der Waals surface area contributed by atoms with E-state index >= 15 is 0 Å². The van der Waals surface area contributed by atoms with E-state index in [2.05, 4.69) is 0 Å². The number of rotatable bonds is 5. The molecule has 1 heterocycles. The van der Waals surface area contributed by atoms with Gasteiger partial charge in [-0.05, 0) is 31.9 Å². The third-order valence-corrected chi connectivity index (χ3v) is 3.97. The number of piperidine rings is 1. The summed E-state index contributed by atoms with van der Waals surface area (Å²) in [6.07, 6.45) is 3.94. The number of para-hydroxylation sites is 1. The molecule has 1 aliphatic rings. The number of esters is 1. The highest BCUT2D eigenvalue weighted by Crippen LogP contribution is 2.21. The van der Waals surface area contributed by atoms with Crippen LogP contribution in [0.4, 0.5) is 5.69 Å². The summed E-state index contributed by atoms with van der Waals surface area (Å²) in [4.78, 5) is 36.0. The Labute approximate surface area is 140 Å². The van der Waals surface area contributed by atoms with Crippen molar-refractivity contribution in [2.75, 3.05) is 19.7 Å². The van der Waals surface area contributed by atoms with E-state index in [1.165, 1.54) is 18.2 Å². The fraction of sp³-hybridized carbons (Fsp3) is 0.412. The maximum atomic E-state index is 12.2. The smallest absolute Gasteiger partial charge is 0.309 e. The first-order valence-electron chi connectivity index (χ1n) is 7.90. The van der Waals surface area contributed by atoms with Crippen molar-refractivity contribution in [3.05, 3.63) is 46.0 Å². The van der Waals surface area contributed by atoms with E-state index in [4.69, 9.17) is 4.74 Å². The lowest BCUT2D eigenvalue weighted by molar-refractivity contribution is -0.385. The van der Waals surface area contributed by atoms with Gasteiger partial charge in [0.25, 0.3) is 5.69 Å². The molecule has 0 N–H and O–H groups in total. The van der Waals surface area contributed by atoms with Crippen molar-refractivity contribution in [2.24, 2.45) is 5.92 Å². The van der Waals surface area contributed by atoms with Crippen LogP contribution < -0.4 is 0 Å². The molecular formula is C17H20N2O5. The van der Waals surface area contributed by atoms with Crippen molar-refractivity contribution in [1.82, 2.24) is 4.90 Å². The van der Waals surface area contributed by atoms with Gasteiger partial charge in [-0.15, -0.1) is 0 Å². The highest BCUT2D eigenvalue weighted by Gasteiger charge is 2.27. The van der Waals surface area contributed by atoms with Gasteiger partial charge in [-0.3, -0.25) is 19.7 Å². The van der Waals surface area contributed by atoms with Gasteiger partial charge in [0.2, 0.25) is 5.91 Å². The molecule has 1 fully saturated rings. The Kier molecular flexibility index (Phi) is 6.06. The Morgan fingerprint density at radius 3 is 2.62 bits per heavy atom. The second-order valence-corrected chi connectivity index (χ2v) is 5.50. The Bertz CT molecular complexity index is 648. The molecule has 1 aliphatic heterocycles. The highest BCUT2D eigenvalue weighted by molar-refractivity contribution is 5.92. The minimum Gasteiger partial charge on any atom is -0.466 e. The molecule has 0 aliphatic carbocycles. The van der Waals surface area contributed by atoms with Gasteiger partial charge in [0.05, 0.1) is 23.0 Å². The number of carbonyl (C=O) groups excluding carboxylic acids is 2. The lowest BCUT2D eigenvalue weighted by Gasteiger charge is -2.30. The molecule has 0 spiro atoms. The molecule has 128 valence electrons. The summed E-state index contributed by atoms with van der Waals surface area (Å²) in [5.74, 6) is -0.580. The van der Waals surface area contributed by atoms with Crippen LogP contribution >= 0.6 is 0 Å². The number of hydrogen-bond acceptors (Lipinski definition) is 5. The predicted octanol–water partition coefficient (Wildman–Crippen LogP) is 2.41. The number of ether oxygens (including phenoxy) is 1. The van der Waals surface area contributed by atoms with Gasteiger partial charge in [0.1, 0.15) is 0 Å². The summed E-state index contributed by atoms with van der Waals surface area (Å²) in [5.41, 5.74) is 0.347. The summed E-state index contributed by atoms with van der Waals surface area (Å²) < 4.78 is 5.00. The zero-order chi connectivity index (χ0) is 17.5. The molecule has 0 bridgehead atoms. The van der Waals surface area contributed by atoms with Crippen LogP contribution in [0.3, 0.4) is 0 Å². The summed E-state index contributed by atoms with van der Waals surface area (Å²) in [6.45, 7) is 3.08. The highest BCUT2D eigenvalue weighted by atomic mass is 16.6. The third-order valence-electron chi connectivity index (χ3n) is 3.97. The molecule has 0 unspecified atom stereocenters. The van der Waals surface area contributed by atoms with Crippen molar-refractivity contribution in [2.45, 2.75) is 19.8 Å². The van der Waals surface area contributed by atoms with Gasteiger partial charge in [-0.1, -0.05) is 12.1 Å². The third kappa shape index (κ3) is 4.41. The number of amides is 1. The topological polar surface area (TPSA) is 89.8 Å². The van der Waals surface area contributed by atoms with Crippen molar-refractivity contribution < 1.29 is 19.2 Å². The average molecular weight is 332 g/mol. The molecule has 0 aromatic heterocycles. The fourth-order valence-corrected chi connectivity index (χ4v) is 2.66. The van der Waals surface area contributed by atoms with Crippen LogP contribution in [-0.4, -0.2) is 41.4 Å². The SMILES string of the molecule is CCOC(=O)C1CCN(C(=O)/C=C/c2ccccc2[N+](=O)[O-])CC1. The maximum Gasteiger partial charge on any atom is 0.309 e. The predicted molar refractivity (Wildman–Crippen MR) is 88.1 cm³/mol. The van der Waals surface area contributed by atoms with E-state index in [0.29, 0.717) is 38.1 Å². The molecule has 1 saturated heterocycles. The van der Waals surface area contributed by atoms with Crippen LogP contribution in [0.25, 0.3) is 6.08 Å². The molecule has 2 rings (SSSR count). The molecular weight excluding hydrogens is 312 g/mol. The summed E-state index contributed by atoms with van der Waals surface area (Å²) in [6, 6.07) is 6.25. The van der Waals surface area contributed by atoms with E-state index in [-0.39, 0.29) is 23.5 Å². The van der Waals surface area contributed by atoms with Gasteiger partial charge in [0.15, 0.2) is 0 Å². The Morgan fingerprint density at radius 2 is 2.00 bits per heavy atom. The molecule has 7 heteroatoms. The van der Waals surface area contributed by atoms with Crippen LogP contribution in [0.1, 0.15) is 25.3 Å². The van der Waals surface area contributed by atoms with Gasteiger partial charge >= 0.3 is 5.97 Å². The molecule has 1 aromatic rings. The molecule has 0 radical (unpaired) electrons. The largest absolute Gasteiger partial charge is 0.466 e.